The Kier molecular flexibility index (Phi) is 4.01. The van der Waals surface area contributed by atoms with Crippen LogP contribution in [0.5, 0.6) is 0 Å². The number of carbonyl (C=O) groups is 1. The predicted molar refractivity (Wildman–Crippen MR) is 49.5 cm³/mol. The molecule has 0 aromatic carbocycles. The summed E-state index contributed by atoms with van der Waals surface area (Å²) < 4.78 is 4.90. The molecule has 0 atom stereocenters. The van der Waals surface area contributed by atoms with E-state index in [1.54, 1.807) is 6.92 Å². The number of hydrogen-bond donors (Lipinski definition) is 0. The standard InChI is InChI=1S/C10H17O2/c1-8(2)9(11)12-7-6-10(3,4)5/h1,3,6-7H2,2,4-5H3. The molecule has 12 heavy (non-hydrogen) atoms. The van der Waals surface area contributed by atoms with Gasteiger partial charge in [0.25, 0.3) is 0 Å². The Balaban J connectivity index is 3.58. The van der Waals surface area contributed by atoms with E-state index in [1.165, 1.54) is 0 Å². The number of carbonyl (C=O) groups excluding carboxylic acids is 1. The van der Waals surface area contributed by atoms with Gasteiger partial charge in [-0.25, -0.2) is 4.79 Å². The molecule has 0 aromatic heterocycles. The van der Waals surface area contributed by atoms with Gasteiger partial charge in [0.2, 0.25) is 0 Å². The van der Waals surface area contributed by atoms with Crippen LogP contribution in [0.3, 0.4) is 0 Å². The molecule has 0 N–H and O–H groups in total. The fourth-order valence-corrected chi connectivity index (χ4v) is 0.543. The van der Waals surface area contributed by atoms with Gasteiger partial charge in [0, 0.05) is 5.57 Å². The minimum absolute atomic E-state index is 0.0324. The summed E-state index contributed by atoms with van der Waals surface area (Å²) in [6.45, 7) is 13.4. The second-order valence-electron chi connectivity index (χ2n) is 3.83. The van der Waals surface area contributed by atoms with E-state index < -0.39 is 0 Å². The van der Waals surface area contributed by atoms with Gasteiger partial charge >= 0.3 is 5.97 Å². The van der Waals surface area contributed by atoms with Crippen molar-refractivity contribution >= 4 is 5.97 Å². The van der Waals surface area contributed by atoms with Gasteiger partial charge in [-0.05, 0) is 25.7 Å². The minimum atomic E-state index is -0.320. The van der Waals surface area contributed by atoms with Gasteiger partial charge < -0.3 is 4.74 Å². The second kappa shape index (κ2) is 4.29. The lowest BCUT2D eigenvalue weighted by Gasteiger charge is -2.17. The smallest absolute Gasteiger partial charge is 0.333 e. The van der Waals surface area contributed by atoms with E-state index in [1.807, 2.05) is 13.8 Å². The molecule has 0 rings (SSSR count). The Morgan fingerprint density at radius 2 is 2.00 bits per heavy atom. The third-order valence-electron chi connectivity index (χ3n) is 1.36. The van der Waals surface area contributed by atoms with Gasteiger partial charge in [0.05, 0.1) is 6.61 Å². The van der Waals surface area contributed by atoms with Crippen LogP contribution in [0.2, 0.25) is 0 Å². The molecule has 0 aliphatic rings. The van der Waals surface area contributed by atoms with Crippen LogP contribution in [0, 0.1) is 12.3 Å². The fraction of sp³-hybridized carbons (Fsp3) is 0.600. The van der Waals surface area contributed by atoms with Crippen molar-refractivity contribution in [3.05, 3.63) is 19.1 Å². The first-order valence-corrected chi connectivity index (χ1v) is 4.01. The molecule has 0 aliphatic heterocycles. The molecule has 0 spiro atoms. The van der Waals surface area contributed by atoms with E-state index in [9.17, 15) is 4.79 Å². The third kappa shape index (κ3) is 5.96. The van der Waals surface area contributed by atoms with Crippen molar-refractivity contribution in [2.45, 2.75) is 27.2 Å². The van der Waals surface area contributed by atoms with E-state index in [0.717, 1.165) is 6.42 Å². The maximum absolute atomic E-state index is 10.9. The monoisotopic (exact) mass is 169 g/mol. The van der Waals surface area contributed by atoms with Gasteiger partial charge in [-0.15, -0.1) is 0 Å². The van der Waals surface area contributed by atoms with E-state index in [-0.39, 0.29) is 11.4 Å². The summed E-state index contributed by atoms with van der Waals surface area (Å²) in [5, 5.41) is 0. The predicted octanol–water partition coefficient (Wildman–Crippen LogP) is 2.36. The molecule has 0 unspecified atom stereocenters. The van der Waals surface area contributed by atoms with Crippen molar-refractivity contribution < 1.29 is 9.53 Å². The fourth-order valence-electron chi connectivity index (χ4n) is 0.543. The highest BCUT2D eigenvalue weighted by Gasteiger charge is 2.11. The van der Waals surface area contributed by atoms with Crippen LogP contribution in [0.15, 0.2) is 12.2 Å². The summed E-state index contributed by atoms with van der Waals surface area (Å²) in [6.07, 6.45) is 0.770. The molecule has 69 valence electrons. The zero-order chi connectivity index (χ0) is 9.78. The van der Waals surface area contributed by atoms with Gasteiger partial charge in [0.1, 0.15) is 0 Å². The summed E-state index contributed by atoms with van der Waals surface area (Å²) in [4.78, 5) is 10.9. The Morgan fingerprint density at radius 1 is 1.50 bits per heavy atom. The highest BCUT2D eigenvalue weighted by molar-refractivity contribution is 5.86. The summed E-state index contributed by atoms with van der Waals surface area (Å²) in [5.74, 6) is -0.320. The van der Waals surface area contributed by atoms with Crippen molar-refractivity contribution in [1.29, 1.82) is 0 Å². The van der Waals surface area contributed by atoms with Crippen LogP contribution in [0.1, 0.15) is 27.2 Å². The largest absolute Gasteiger partial charge is 0.462 e. The molecule has 0 heterocycles. The number of rotatable bonds is 4. The molecule has 0 saturated heterocycles. The van der Waals surface area contributed by atoms with Crippen molar-refractivity contribution in [2.24, 2.45) is 5.41 Å². The summed E-state index contributed by atoms with van der Waals surface area (Å²) in [6, 6.07) is 0. The minimum Gasteiger partial charge on any atom is -0.462 e. The summed E-state index contributed by atoms with van der Waals surface area (Å²) >= 11 is 0. The molecule has 0 amide bonds. The summed E-state index contributed by atoms with van der Waals surface area (Å²) in [7, 11) is 0. The van der Waals surface area contributed by atoms with Crippen LogP contribution < -0.4 is 0 Å². The van der Waals surface area contributed by atoms with Crippen LogP contribution in [0.4, 0.5) is 0 Å². The Labute approximate surface area is 74.6 Å². The number of ether oxygens (including phenoxy) is 1. The quantitative estimate of drug-likeness (QED) is 0.477. The van der Waals surface area contributed by atoms with Crippen molar-refractivity contribution in [3.63, 3.8) is 0 Å². The second-order valence-corrected chi connectivity index (χ2v) is 3.83. The average Bonchev–Trinajstić information content (AvgIpc) is 1.84. The van der Waals surface area contributed by atoms with E-state index in [0.29, 0.717) is 12.2 Å². The molecule has 0 aromatic rings. The normalized spacial score (nSPS) is 11.0. The maximum atomic E-state index is 10.9. The molecule has 0 bridgehead atoms. The van der Waals surface area contributed by atoms with Gasteiger partial charge in [-0.1, -0.05) is 20.4 Å². The Morgan fingerprint density at radius 3 is 2.33 bits per heavy atom. The molecule has 0 saturated carbocycles. The first kappa shape index (κ1) is 11.2. The van der Waals surface area contributed by atoms with Crippen LogP contribution in [-0.2, 0) is 9.53 Å². The van der Waals surface area contributed by atoms with E-state index in [4.69, 9.17) is 4.74 Å². The van der Waals surface area contributed by atoms with E-state index >= 15 is 0 Å². The first-order chi connectivity index (χ1) is 5.33. The highest BCUT2D eigenvalue weighted by Crippen LogP contribution is 2.17. The SMILES string of the molecule is [CH2]C(C)(C)CCOC(=O)C(=C)C. The molecule has 2 nitrogen and oxygen atoms in total. The summed E-state index contributed by atoms with van der Waals surface area (Å²) in [5.41, 5.74) is 0.409. The Hall–Kier alpha value is -0.790. The number of hydrogen-bond acceptors (Lipinski definition) is 2. The zero-order valence-corrected chi connectivity index (χ0v) is 8.14. The lowest BCUT2D eigenvalue weighted by atomic mass is 9.93. The van der Waals surface area contributed by atoms with Crippen LogP contribution in [0.25, 0.3) is 0 Å². The lowest BCUT2D eigenvalue weighted by molar-refractivity contribution is -0.139. The molecule has 1 radical (unpaired) electrons. The Bertz CT molecular complexity index is 175. The van der Waals surface area contributed by atoms with Crippen LogP contribution in [-0.4, -0.2) is 12.6 Å². The van der Waals surface area contributed by atoms with Crippen molar-refractivity contribution in [3.8, 4) is 0 Å². The van der Waals surface area contributed by atoms with Crippen LogP contribution >= 0.6 is 0 Å². The first-order valence-electron chi connectivity index (χ1n) is 4.01. The van der Waals surface area contributed by atoms with Crippen molar-refractivity contribution in [2.75, 3.05) is 6.61 Å². The van der Waals surface area contributed by atoms with Gasteiger partial charge in [0.15, 0.2) is 0 Å². The molecule has 0 aliphatic carbocycles. The molecular weight excluding hydrogens is 152 g/mol. The van der Waals surface area contributed by atoms with E-state index in [2.05, 4.69) is 13.5 Å². The topological polar surface area (TPSA) is 26.3 Å². The third-order valence-corrected chi connectivity index (χ3v) is 1.36. The zero-order valence-electron chi connectivity index (χ0n) is 8.14. The number of esters is 1. The molecular formula is C10H17O2. The maximum Gasteiger partial charge on any atom is 0.333 e. The molecule has 0 fully saturated rings. The van der Waals surface area contributed by atoms with Crippen molar-refractivity contribution in [1.82, 2.24) is 0 Å². The lowest BCUT2D eigenvalue weighted by Crippen LogP contribution is -2.13. The highest BCUT2D eigenvalue weighted by atomic mass is 16.5. The van der Waals surface area contributed by atoms with Gasteiger partial charge in [-0.2, -0.15) is 0 Å². The van der Waals surface area contributed by atoms with Gasteiger partial charge in [-0.3, -0.25) is 0 Å². The molecule has 2 heteroatoms. The average molecular weight is 169 g/mol.